The van der Waals surface area contributed by atoms with Gasteiger partial charge in [0.1, 0.15) is 5.75 Å². The molecule has 2 aromatic rings. The van der Waals surface area contributed by atoms with Crippen molar-refractivity contribution < 1.29 is 9.47 Å². The Bertz CT molecular complexity index is 671. The quantitative estimate of drug-likeness (QED) is 0.665. The average molecular weight is 355 g/mol. The molecular formula is C21H29N3O2. The summed E-state index contributed by atoms with van der Waals surface area (Å²) in [5.41, 5.74) is 1.85. The van der Waals surface area contributed by atoms with Crippen LogP contribution in [-0.4, -0.2) is 46.9 Å². The van der Waals surface area contributed by atoms with E-state index in [9.17, 15) is 0 Å². The van der Waals surface area contributed by atoms with Gasteiger partial charge in [-0.3, -0.25) is 0 Å². The molecule has 0 unspecified atom stereocenters. The fourth-order valence-corrected chi connectivity index (χ4v) is 3.28. The first kappa shape index (κ1) is 18.6. The van der Waals surface area contributed by atoms with E-state index in [2.05, 4.69) is 22.0 Å². The number of ether oxygens (including phenoxy) is 2. The lowest BCUT2D eigenvalue weighted by atomic mass is 10.1. The van der Waals surface area contributed by atoms with Crippen molar-refractivity contribution in [1.29, 1.82) is 0 Å². The van der Waals surface area contributed by atoms with E-state index in [1.54, 1.807) is 0 Å². The molecule has 1 aliphatic rings. The van der Waals surface area contributed by atoms with Crippen molar-refractivity contribution in [3.05, 3.63) is 36.4 Å². The summed E-state index contributed by atoms with van der Waals surface area (Å²) in [6.07, 6.45) is 3.82. The molecule has 26 heavy (non-hydrogen) atoms. The van der Waals surface area contributed by atoms with Gasteiger partial charge >= 0.3 is 0 Å². The van der Waals surface area contributed by atoms with Gasteiger partial charge in [0.2, 0.25) is 5.88 Å². The monoisotopic (exact) mass is 355 g/mol. The molecule has 1 aliphatic heterocycles. The summed E-state index contributed by atoms with van der Waals surface area (Å²) in [4.78, 5) is 2.55. The minimum Gasteiger partial charge on any atom is -0.494 e. The van der Waals surface area contributed by atoms with Crippen LogP contribution in [0.1, 0.15) is 40.0 Å². The molecule has 5 nitrogen and oxygen atoms in total. The third-order valence-electron chi connectivity index (χ3n) is 4.70. The van der Waals surface area contributed by atoms with Crippen molar-refractivity contribution in [1.82, 2.24) is 15.1 Å². The first-order chi connectivity index (χ1) is 12.6. The molecule has 1 aromatic carbocycles. The largest absolute Gasteiger partial charge is 0.494 e. The summed E-state index contributed by atoms with van der Waals surface area (Å²) < 4.78 is 11.4. The number of likely N-dealkylation sites (tertiary alicyclic amines) is 1. The minimum atomic E-state index is 0.0975. The van der Waals surface area contributed by atoms with E-state index in [1.165, 1.54) is 19.4 Å². The summed E-state index contributed by atoms with van der Waals surface area (Å²) >= 11 is 0. The molecule has 140 valence electrons. The normalized spacial score (nSPS) is 17.6. The molecule has 3 rings (SSSR count). The highest BCUT2D eigenvalue weighted by atomic mass is 16.5. The highest BCUT2D eigenvalue weighted by Gasteiger charge is 2.19. The maximum atomic E-state index is 5.87. The van der Waals surface area contributed by atoms with Gasteiger partial charge in [0.15, 0.2) is 0 Å². The molecule has 0 amide bonds. The van der Waals surface area contributed by atoms with Gasteiger partial charge in [0.05, 0.1) is 18.4 Å². The Morgan fingerprint density at radius 3 is 2.54 bits per heavy atom. The zero-order valence-corrected chi connectivity index (χ0v) is 16.0. The van der Waals surface area contributed by atoms with Gasteiger partial charge in [-0.1, -0.05) is 0 Å². The molecule has 0 spiro atoms. The highest BCUT2D eigenvalue weighted by molar-refractivity contribution is 5.59. The average Bonchev–Trinajstić information content (AvgIpc) is 3.04. The Labute approximate surface area is 156 Å². The third-order valence-corrected chi connectivity index (χ3v) is 4.70. The second kappa shape index (κ2) is 8.99. The predicted molar refractivity (Wildman–Crippen MR) is 104 cm³/mol. The maximum absolute atomic E-state index is 5.87. The standard InChI is InChI=1S/C21H29N3O2/c1-16(2)26-21-12-11-20(22-23-21)18-7-9-19(10-8-18)25-15-5-14-24-13-4-6-17(24)3/h7-12,16-17H,4-6,13-15H2,1-3H3/t17-/m1/s1. The predicted octanol–water partition coefficient (Wildman–Crippen LogP) is 4.18. The second-order valence-corrected chi connectivity index (χ2v) is 7.18. The van der Waals surface area contributed by atoms with E-state index in [0.29, 0.717) is 5.88 Å². The summed E-state index contributed by atoms with van der Waals surface area (Å²) in [7, 11) is 0. The summed E-state index contributed by atoms with van der Waals surface area (Å²) in [6, 6.07) is 12.5. The number of nitrogens with zero attached hydrogens (tertiary/aromatic N) is 3. The van der Waals surface area contributed by atoms with Gasteiger partial charge in [0.25, 0.3) is 0 Å². The van der Waals surface area contributed by atoms with Crippen LogP contribution in [0.4, 0.5) is 0 Å². The highest BCUT2D eigenvalue weighted by Crippen LogP contribution is 2.22. The van der Waals surface area contributed by atoms with E-state index in [0.717, 1.165) is 42.6 Å². The Hall–Kier alpha value is -2.14. The van der Waals surface area contributed by atoms with E-state index in [1.807, 2.05) is 50.2 Å². The molecule has 1 fully saturated rings. The van der Waals surface area contributed by atoms with E-state index >= 15 is 0 Å². The van der Waals surface area contributed by atoms with E-state index < -0.39 is 0 Å². The number of aromatic nitrogens is 2. The van der Waals surface area contributed by atoms with Gasteiger partial charge in [-0.2, -0.15) is 0 Å². The zero-order valence-electron chi connectivity index (χ0n) is 16.0. The van der Waals surface area contributed by atoms with Crippen LogP contribution in [-0.2, 0) is 0 Å². The molecule has 0 bridgehead atoms. The molecule has 1 aromatic heterocycles. The zero-order chi connectivity index (χ0) is 18.4. The lowest BCUT2D eigenvalue weighted by Crippen LogP contribution is -2.28. The van der Waals surface area contributed by atoms with Crippen LogP contribution in [0.5, 0.6) is 11.6 Å². The first-order valence-corrected chi connectivity index (χ1v) is 9.59. The molecule has 0 N–H and O–H groups in total. The number of hydrogen-bond donors (Lipinski definition) is 0. The lowest BCUT2D eigenvalue weighted by molar-refractivity contribution is 0.230. The van der Waals surface area contributed by atoms with Crippen molar-refractivity contribution in [3.63, 3.8) is 0 Å². The summed E-state index contributed by atoms with van der Waals surface area (Å²) in [5, 5.41) is 8.35. The van der Waals surface area contributed by atoms with Crippen molar-refractivity contribution in [3.8, 4) is 22.9 Å². The van der Waals surface area contributed by atoms with Gasteiger partial charge in [-0.15, -0.1) is 10.2 Å². The molecule has 1 saturated heterocycles. The van der Waals surface area contributed by atoms with Crippen molar-refractivity contribution >= 4 is 0 Å². The van der Waals surface area contributed by atoms with Crippen LogP contribution in [0.25, 0.3) is 11.3 Å². The molecule has 0 saturated carbocycles. The van der Waals surface area contributed by atoms with E-state index in [4.69, 9.17) is 9.47 Å². The Balaban J connectivity index is 1.47. The molecule has 1 atom stereocenters. The number of hydrogen-bond acceptors (Lipinski definition) is 5. The molecule has 0 aliphatic carbocycles. The summed E-state index contributed by atoms with van der Waals surface area (Å²) in [6.45, 7) is 9.37. The van der Waals surface area contributed by atoms with Gasteiger partial charge in [-0.05, 0) is 76.9 Å². The minimum absolute atomic E-state index is 0.0975. The number of rotatable bonds is 8. The fourth-order valence-electron chi connectivity index (χ4n) is 3.28. The fraction of sp³-hybridized carbons (Fsp3) is 0.524. The second-order valence-electron chi connectivity index (χ2n) is 7.18. The third kappa shape index (κ3) is 5.18. The van der Waals surface area contributed by atoms with Crippen LogP contribution in [0.3, 0.4) is 0 Å². The van der Waals surface area contributed by atoms with Crippen LogP contribution < -0.4 is 9.47 Å². The molecule has 5 heteroatoms. The van der Waals surface area contributed by atoms with Crippen LogP contribution in [0.2, 0.25) is 0 Å². The number of benzene rings is 1. The smallest absolute Gasteiger partial charge is 0.233 e. The van der Waals surface area contributed by atoms with Crippen molar-refractivity contribution in [2.75, 3.05) is 19.7 Å². The van der Waals surface area contributed by atoms with Crippen molar-refractivity contribution in [2.24, 2.45) is 0 Å². The molecular weight excluding hydrogens is 326 g/mol. The SMILES string of the molecule is CC(C)Oc1ccc(-c2ccc(OCCCN3CCC[C@H]3C)cc2)nn1. The maximum Gasteiger partial charge on any atom is 0.233 e. The van der Waals surface area contributed by atoms with Crippen LogP contribution >= 0.6 is 0 Å². The Kier molecular flexibility index (Phi) is 6.45. The van der Waals surface area contributed by atoms with E-state index in [-0.39, 0.29) is 6.10 Å². The van der Waals surface area contributed by atoms with Crippen molar-refractivity contribution in [2.45, 2.75) is 52.2 Å². The Morgan fingerprint density at radius 1 is 1.12 bits per heavy atom. The summed E-state index contributed by atoms with van der Waals surface area (Å²) in [5.74, 6) is 1.45. The Morgan fingerprint density at radius 2 is 1.92 bits per heavy atom. The molecule has 2 heterocycles. The topological polar surface area (TPSA) is 47.5 Å². The van der Waals surface area contributed by atoms with Gasteiger partial charge in [-0.25, -0.2) is 0 Å². The lowest BCUT2D eigenvalue weighted by Gasteiger charge is -2.20. The van der Waals surface area contributed by atoms with Crippen LogP contribution in [0.15, 0.2) is 36.4 Å². The first-order valence-electron chi connectivity index (χ1n) is 9.59. The van der Waals surface area contributed by atoms with Gasteiger partial charge < -0.3 is 14.4 Å². The molecule has 0 radical (unpaired) electrons. The van der Waals surface area contributed by atoms with Crippen LogP contribution in [0, 0.1) is 0 Å². The van der Waals surface area contributed by atoms with Gasteiger partial charge in [0, 0.05) is 24.2 Å².